The molecular weight excluding hydrogens is 252 g/mol. The predicted molar refractivity (Wildman–Crippen MR) is 86.3 cm³/mol. The second-order valence-corrected chi connectivity index (χ2v) is 6.27. The van der Waals surface area contributed by atoms with Crippen molar-refractivity contribution in [1.82, 2.24) is 5.32 Å². The first-order chi connectivity index (χ1) is 9.26. The highest BCUT2D eigenvalue weighted by Gasteiger charge is 2.22. The topological polar surface area (TPSA) is 15.3 Å². The maximum absolute atomic E-state index is 3.72. The van der Waals surface area contributed by atoms with Gasteiger partial charge in [-0.3, -0.25) is 0 Å². The van der Waals surface area contributed by atoms with Gasteiger partial charge < -0.3 is 10.2 Å². The fraction of sp³-hybridized carbons (Fsp3) is 0.625. The minimum atomic E-state index is 0.613. The molecule has 1 aliphatic heterocycles. The van der Waals surface area contributed by atoms with E-state index in [1.807, 2.05) is 11.8 Å². The van der Waals surface area contributed by atoms with Crippen molar-refractivity contribution in [1.29, 1.82) is 0 Å². The van der Waals surface area contributed by atoms with E-state index in [9.17, 15) is 0 Å². The van der Waals surface area contributed by atoms with Gasteiger partial charge in [-0.2, -0.15) is 0 Å². The Morgan fingerprint density at radius 2 is 2.21 bits per heavy atom. The molecule has 1 heterocycles. The molecule has 1 N–H and O–H groups in total. The van der Waals surface area contributed by atoms with Crippen molar-refractivity contribution in [2.75, 3.05) is 30.8 Å². The molecule has 1 aromatic rings. The lowest BCUT2D eigenvalue weighted by atomic mass is 9.99. The summed E-state index contributed by atoms with van der Waals surface area (Å²) in [5.74, 6) is 0.738. The molecule has 1 aliphatic rings. The summed E-state index contributed by atoms with van der Waals surface area (Å²) in [5, 5.41) is 3.72. The SMILES string of the molecule is CCC(C)C1CN(c2ccccc2SC)CCCN1. The molecule has 2 atom stereocenters. The highest BCUT2D eigenvalue weighted by Crippen LogP contribution is 2.29. The molecule has 2 rings (SSSR count). The third kappa shape index (κ3) is 3.67. The zero-order valence-corrected chi connectivity index (χ0v) is 13.2. The minimum Gasteiger partial charge on any atom is -0.369 e. The number of hydrogen-bond donors (Lipinski definition) is 1. The second kappa shape index (κ2) is 7.20. The van der Waals surface area contributed by atoms with Crippen LogP contribution in [0.15, 0.2) is 29.2 Å². The maximum atomic E-state index is 3.72. The van der Waals surface area contributed by atoms with Crippen molar-refractivity contribution in [2.45, 2.75) is 37.6 Å². The summed E-state index contributed by atoms with van der Waals surface area (Å²) in [5.41, 5.74) is 1.41. The molecule has 19 heavy (non-hydrogen) atoms. The standard InChI is InChI=1S/C16H26N2S/c1-4-13(2)14-12-18(11-7-10-17-14)15-8-5-6-9-16(15)19-3/h5-6,8-9,13-14,17H,4,7,10-12H2,1-3H3. The van der Waals surface area contributed by atoms with Crippen LogP contribution in [0.25, 0.3) is 0 Å². The van der Waals surface area contributed by atoms with Crippen molar-refractivity contribution < 1.29 is 0 Å². The van der Waals surface area contributed by atoms with Crippen LogP contribution in [0.4, 0.5) is 5.69 Å². The van der Waals surface area contributed by atoms with Gasteiger partial charge in [-0.25, -0.2) is 0 Å². The van der Waals surface area contributed by atoms with E-state index in [-0.39, 0.29) is 0 Å². The van der Waals surface area contributed by atoms with Crippen molar-refractivity contribution in [3.8, 4) is 0 Å². The van der Waals surface area contributed by atoms with Crippen LogP contribution in [0.1, 0.15) is 26.7 Å². The van der Waals surface area contributed by atoms with Gasteiger partial charge in [-0.15, -0.1) is 11.8 Å². The van der Waals surface area contributed by atoms with E-state index in [0.717, 1.165) is 25.6 Å². The van der Waals surface area contributed by atoms with E-state index in [0.29, 0.717) is 6.04 Å². The molecule has 2 unspecified atom stereocenters. The van der Waals surface area contributed by atoms with Crippen molar-refractivity contribution >= 4 is 17.4 Å². The lowest BCUT2D eigenvalue weighted by Crippen LogP contribution is -2.42. The largest absolute Gasteiger partial charge is 0.369 e. The van der Waals surface area contributed by atoms with E-state index in [1.165, 1.54) is 23.4 Å². The Morgan fingerprint density at radius 1 is 1.42 bits per heavy atom. The lowest BCUT2D eigenvalue weighted by molar-refractivity contribution is 0.383. The summed E-state index contributed by atoms with van der Waals surface area (Å²) < 4.78 is 0. The van der Waals surface area contributed by atoms with E-state index in [1.54, 1.807) is 0 Å². The summed E-state index contributed by atoms with van der Waals surface area (Å²) in [6.07, 6.45) is 4.65. The molecule has 0 saturated carbocycles. The first-order valence-corrected chi connectivity index (χ1v) is 8.60. The van der Waals surface area contributed by atoms with E-state index in [4.69, 9.17) is 0 Å². The van der Waals surface area contributed by atoms with Gasteiger partial charge in [-0.1, -0.05) is 32.4 Å². The number of hydrogen-bond acceptors (Lipinski definition) is 3. The normalized spacial score (nSPS) is 22.1. The van der Waals surface area contributed by atoms with Crippen LogP contribution in [0.5, 0.6) is 0 Å². The van der Waals surface area contributed by atoms with Gasteiger partial charge in [0, 0.05) is 24.0 Å². The molecule has 1 aromatic carbocycles. The Hall–Kier alpha value is -0.670. The zero-order valence-electron chi connectivity index (χ0n) is 12.4. The molecule has 2 nitrogen and oxygen atoms in total. The Bertz CT molecular complexity index is 394. The average molecular weight is 278 g/mol. The number of nitrogens with one attached hydrogen (secondary N) is 1. The van der Waals surface area contributed by atoms with Crippen molar-refractivity contribution in [2.24, 2.45) is 5.92 Å². The van der Waals surface area contributed by atoms with Crippen molar-refractivity contribution in [3.05, 3.63) is 24.3 Å². The van der Waals surface area contributed by atoms with Gasteiger partial charge in [-0.05, 0) is 37.3 Å². The maximum Gasteiger partial charge on any atom is 0.0504 e. The summed E-state index contributed by atoms with van der Waals surface area (Å²) in [7, 11) is 0. The number of benzene rings is 1. The Labute approximate surface area is 122 Å². The molecule has 0 aromatic heterocycles. The van der Waals surface area contributed by atoms with Gasteiger partial charge in [0.25, 0.3) is 0 Å². The fourth-order valence-electron chi connectivity index (χ4n) is 2.73. The van der Waals surface area contributed by atoms with Gasteiger partial charge in [0.15, 0.2) is 0 Å². The monoisotopic (exact) mass is 278 g/mol. The van der Waals surface area contributed by atoms with E-state index >= 15 is 0 Å². The van der Waals surface area contributed by atoms with Crippen LogP contribution in [0, 0.1) is 5.92 Å². The first kappa shape index (κ1) is 14.7. The lowest BCUT2D eigenvalue weighted by Gasteiger charge is -2.30. The molecular formula is C16H26N2S. The van der Waals surface area contributed by atoms with Crippen LogP contribution < -0.4 is 10.2 Å². The smallest absolute Gasteiger partial charge is 0.0504 e. The van der Waals surface area contributed by atoms with Gasteiger partial charge >= 0.3 is 0 Å². The Balaban J connectivity index is 2.17. The third-order valence-corrected chi connectivity index (χ3v) is 4.97. The van der Waals surface area contributed by atoms with Crippen LogP contribution in [0.2, 0.25) is 0 Å². The van der Waals surface area contributed by atoms with Crippen LogP contribution in [-0.4, -0.2) is 31.9 Å². The summed E-state index contributed by atoms with van der Waals surface area (Å²) in [6, 6.07) is 9.41. The Morgan fingerprint density at radius 3 is 2.95 bits per heavy atom. The van der Waals surface area contributed by atoms with E-state index in [2.05, 4.69) is 54.6 Å². The number of para-hydroxylation sites is 1. The van der Waals surface area contributed by atoms with E-state index < -0.39 is 0 Å². The summed E-state index contributed by atoms with van der Waals surface area (Å²) in [4.78, 5) is 3.97. The minimum absolute atomic E-state index is 0.613. The quantitative estimate of drug-likeness (QED) is 0.847. The molecule has 0 spiro atoms. The highest BCUT2D eigenvalue weighted by molar-refractivity contribution is 7.98. The number of rotatable bonds is 4. The van der Waals surface area contributed by atoms with Crippen LogP contribution in [-0.2, 0) is 0 Å². The molecule has 1 saturated heterocycles. The van der Waals surface area contributed by atoms with Crippen LogP contribution >= 0.6 is 11.8 Å². The number of nitrogens with zero attached hydrogens (tertiary/aromatic N) is 1. The number of thioether (sulfide) groups is 1. The molecule has 0 amide bonds. The molecule has 3 heteroatoms. The molecule has 1 fully saturated rings. The molecule has 0 aliphatic carbocycles. The summed E-state index contributed by atoms with van der Waals surface area (Å²) >= 11 is 1.85. The molecule has 106 valence electrons. The first-order valence-electron chi connectivity index (χ1n) is 7.37. The zero-order chi connectivity index (χ0) is 13.7. The molecule has 0 bridgehead atoms. The Kier molecular flexibility index (Phi) is 5.59. The molecule has 0 radical (unpaired) electrons. The van der Waals surface area contributed by atoms with Gasteiger partial charge in [0.05, 0.1) is 5.69 Å². The van der Waals surface area contributed by atoms with Gasteiger partial charge in [0.2, 0.25) is 0 Å². The van der Waals surface area contributed by atoms with Gasteiger partial charge in [0.1, 0.15) is 0 Å². The highest BCUT2D eigenvalue weighted by atomic mass is 32.2. The number of anilines is 1. The fourth-order valence-corrected chi connectivity index (χ4v) is 3.35. The predicted octanol–water partition coefficient (Wildman–Crippen LogP) is 3.62. The van der Waals surface area contributed by atoms with Crippen molar-refractivity contribution in [3.63, 3.8) is 0 Å². The van der Waals surface area contributed by atoms with Crippen LogP contribution in [0.3, 0.4) is 0 Å². The summed E-state index contributed by atoms with van der Waals surface area (Å²) in [6.45, 7) is 8.09. The third-order valence-electron chi connectivity index (χ3n) is 4.19. The average Bonchev–Trinajstić information content (AvgIpc) is 2.72. The second-order valence-electron chi connectivity index (χ2n) is 5.42.